The first-order valence-corrected chi connectivity index (χ1v) is 11.0. The van der Waals surface area contributed by atoms with E-state index in [9.17, 15) is 4.79 Å². The maximum absolute atomic E-state index is 13.0. The van der Waals surface area contributed by atoms with Crippen LogP contribution < -0.4 is 14.8 Å². The molecule has 0 aliphatic heterocycles. The summed E-state index contributed by atoms with van der Waals surface area (Å²) < 4.78 is 14.9. The summed E-state index contributed by atoms with van der Waals surface area (Å²) in [6.45, 7) is 1.29. The maximum atomic E-state index is 13.0. The molecule has 9 heteroatoms. The Kier molecular flexibility index (Phi) is 6.07. The summed E-state index contributed by atoms with van der Waals surface area (Å²) in [6, 6.07) is 20.9. The molecule has 5 aromatic rings. The van der Waals surface area contributed by atoms with Crippen molar-refractivity contribution < 1.29 is 14.3 Å². The van der Waals surface area contributed by atoms with Crippen molar-refractivity contribution in [3.05, 3.63) is 84.4 Å². The van der Waals surface area contributed by atoms with Gasteiger partial charge in [-0.15, -0.1) is 10.2 Å². The Morgan fingerprint density at radius 3 is 2.65 bits per heavy atom. The van der Waals surface area contributed by atoms with Crippen molar-refractivity contribution in [3.63, 3.8) is 0 Å². The monoisotopic (exact) mass is 456 g/mol. The molecule has 3 heterocycles. The van der Waals surface area contributed by atoms with Crippen LogP contribution in [0.15, 0.2) is 72.9 Å². The number of benzene rings is 2. The number of amides is 1. The largest absolute Gasteiger partial charge is 0.493 e. The van der Waals surface area contributed by atoms with Crippen LogP contribution in [0.5, 0.6) is 11.5 Å². The SMILES string of the molecule is COc1ccccc1OCCn1nc(C(=O)NCCc2nnc3ccccn23)c2ccccc21. The summed E-state index contributed by atoms with van der Waals surface area (Å²) in [4.78, 5) is 13.0. The Morgan fingerprint density at radius 1 is 0.971 bits per heavy atom. The first-order chi connectivity index (χ1) is 16.7. The van der Waals surface area contributed by atoms with Crippen LogP contribution in [0, 0.1) is 0 Å². The minimum Gasteiger partial charge on any atom is -0.493 e. The van der Waals surface area contributed by atoms with Gasteiger partial charge in [-0.2, -0.15) is 5.10 Å². The first-order valence-electron chi connectivity index (χ1n) is 11.0. The van der Waals surface area contributed by atoms with Crippen LogP contribution in [0.25, 0.3) is 16.6 Å². The lowest BCUT2D eigenvalue weighted by Crippen LogP contribution is -2.27. The lowest BCUT2D eigenvalue weighted by Gasteiger charge is -2.10. The van der Waals surface area contributed by atoms with E-state index in [1.807, 2.05) is 77.3 Å². The highest BCUT2D eigenvalue weighted by atomic mass is 16.5. The Hall–Kier alpha value is -4.40. The first kappa shape index (κ1) is 21.4. The third kappa shape index (κ3) is 4.27. The van der Waals surface area contributed by atoms with Crippen LogP contribution in [0.2, 0.25) is 0 Å². The number of carbonyl (C=O) groups is 1. The van der Waals surface area contributed by atoms with Gasteiger partial charge in [0.15, 0.2) is 22.8 Å². The number of aromatic nitrogens is 5. The number of hydrogen-bond donors (Lipinski definition) is 1. The molecule has 2 aromatic carbocycles. The number of nitrogens with zero attached hydrogens (tertiary/aromatic N) is 5. The van der Waals surface area contributed by atoms with Gasteiger partial charge in [0.25, 0.3) is 5.91 Å². The topological polar surface area (TPSA) is 95.6 Å². The molecule has 0 aliphatic carbocycles. The van der Waals surface area contributed by atoms with E-state index in [2.05, 4.69) is 20.6 Å². The highest BCUT2D eigenvalue weighted by Crippen LogP contribution is 2.26. The molecular formula is C25H24N6O3. The summed E-state index contributed by atoms with van der Waals surface area (Å²) >= 11 is 0. The van der Waals surface area contributed by atoms with Crippen molar-refractivity contribution in [2.24, 2.45) is 0 Å². The number of ether oxygens (including phenoxy) is 2. The highest BCUT2D eigenvalue weighted by Gasteiger charge is 2.17. The van der Waals surface area contributed by atoms with Gasteiger partial charge >= 0.3 is 0 Å². The minimum atomic E-state index is -0.227. The summed E-state index contributed by atoms with van der Waals surface area (Å²) in [5, 5.41) is 16.7. The number of rotatable bonds is 9. The molecular weight excluding hydrogens is 432 g/mol. The molecule has 0 atom stereocenters. The standard InChI is InChI=1S/C25H24N6O3/c1-33-20-10-4-5-11-21(20)34-17-16-31-19-9-3-2-8-18(19)24(29-31)25(32)26-14-13-23-28-27-22-12-6-7-15-30(22)23/h2-12,15H,13-14,16-17H2,1H3,(H,26,32). The minimum absolute atomic E-state index is 0.227. The van der Waals surface area contributed by atoms with E-state index in [1.165, 1.54) is 0 Å². The molecule has 0 unspecified atom stereocenters. The maximum Gasteiger partial charge on any atom is 0.272 e. The van der Waals surface area contributed by atoms with Gasteiger partial charge in [0, 0.05) is 24.5 Å². The van der Waals surface area contributed by atoms with Crippen LogP contribution in [0.3, 0.4) is 0 Å². The van der Waals surface area contributed by atoms with Gasteiger partial charge in [0.1, 0.15) is 12.4 Å². The molecule has 1 N–H and O–H groups in total. The fraction of sp³-hybridized carbons (Fsp3) is 0.200. The van der Waals surface area contributed by atoms with Crippen LogP contribution in [0.4, 0.5) is 0 Å². The predicted octanol–water partition coefficient (Wildman–Crippen LogP) is 3.14. The van der Waals surface area contributed by atoms with E-state index in [4.69, 9.17) is 9.47 Å². The number of methoxy groups -OCH3 is 1. The normalized spacial score (nSPS) is 11.1. The number of carbonyl (C=O) groups excluding carboxylic acids is 1. The molecule has 3 aromatic heterocycles. The van der Waals surface area contributed by atoms with Gasteiger partial charge < -0.3 is 14.8 Å². The average Bonchev–Trinajstić information content (AvgIpc) is 3.46. The number of hydrogen-bond acceptors (Lipinski definition) is 6. The van der Waals surface area contributed by atoms with E-state index in [0.29, 0.717) is 43.3 Å². The molecule has 0 saturated carbocycles. The molecule has 0 saturated heterocycles. The summed E-state index contributed by atoms with van der Waals surface area (Å²) in [6.07, 6.45) is 2.47. The van der Waals surface area contributed by atoms with Gasteiger partial charge in [-0.3, -0.25) is 13.9 Å². The fourth-order valence-corrected chi connectivity index (χ4v) is 3.88. The summed E-state index contributed by atoms with van der Waals surface area (Å²) in [5.41, 5.74) is 2.04. The second-order valence-electron chi connectivity index (χ2n) is 7.64. The van der Waals surface area contributed by atoms with Gasteiger partial charge in [-0.1, -0.05) is 36.4 Å². The van der Waals surface area contributed by atoms with Crippen molar-refractivity contribution >= 4 is 22.5 Å². The molecule has 1 amide bonds. The molecule has 172 valence electrons. The van der Waals surface area contributed by atoms with E-state index in [1.54, 1.807) is 11.8 Å². The van der Waals surface area contributed by atoms with Gasteiger partial charge in [-0.25, -0.2) is 0 Å². The smallest absolute Gasteiger partial charge is 0.272 e. The van der Waals surface area contributed by atoms with Crippen molar-refractivity contribution in [2.45, 2.75) is 13.0 Å². The van der Waals surface area contributed by atoms with Crippen molar-refractivity contribution in [1.82, 2.24) is 29.7 Å². The number of nitrogens with one attached hydrogen (secondary N) is 1. The molecule has 0 fully saturated rings. The van der Waals surface area contributed by atoms with Gasteiger partial charge in [0.2, 0.25) is 0 Å². The second kappa shape index (κ2) is 9.62. The van der Waals surface area contributed by atoms with Crippen molar-refractivity contribution in [1.29, 1.82) is 0 Å². The van der Waals surface area contributed by atoms with E-state index in [0.717, 1.165) is 22.4 Å². The van der Waals surface area contributed by atoms with Crippen LogP contribution >= 0.6 is 0 Å². The Morgan fingerprint density at radius 2 is 1.76 bits per heavy atom. The molecule has 0 bridgehead atoms. The molecule has 9 nitrogen and oxygen atoms in total. The second-order valence-corrected chi connectivity index (χ2v) is 7.64. The van der Waals surface area contributed by atoms with E-state index < -0.39 is 0 Å². The number of para-hydroxylation sites is 3. The lowest BCUT2D eigenvalue weighted by molar-refractivity contribution is 0.0949. The summed E-state index contributed by atoms with van der Waals surface area (Å²) in [7, 11) is 1.61. The Labute approximate surface area is 195 Å². The molecule has 0 spiro atoms. The molecule has 0 radical (unpaired) electrons. The molecule has 5 rings (SSSR count). The Bertz CT molecular complexity index is 1440. The molecule has 34 heavy (non-hydrogen) atoms. The van der Waals surface area contributed by atoms with Crippen LogP contribution in [-0.2, 0) is 13.0 Å². The third-order valence-electron chi connectivity index (χ3n) is 5.52. The number of fused-ring (bicyclic) bond motifs is 2. The Balaban J connectivity index is 1.26. The zero-order chi connectivity index (χ0) is 23.3. The zero-order valence-corrected chi connectivity index (χ0v) is 18.7. The molecule has 0 aliphatic rings. The average molecular weight is 457 g/mol. The fourth-order valence-electron chi connectivity index (χ4n) is 3.88. The summed E-state index contributed by atoms with van der Waals surface area (Å²) in [5.74, 6) is 1.91. The van der Waals surface area contributed by atoms with Crippen LogP contribution in [0.1, 0.15) is 16.3 Å². The number of pyridine rings is 1. The van der Waals surface area contributed by atoms with E-state index >= 15 is 0 Å². The van der Waals surface area contributed by atoms with Crippen molar-refractivity contribution in [3.8, 4) is 11.5 Å². The zero-order valence-electron chi connectivity index (χ0n) is 18.7. The highest BCUT2D eigenvalue weighted by molar-refractivity contribution is 6.04. The van der Waals surface area contributed by atoms with Gasteiger partial charge in [-0.05, 0) is 30.3 Å². The quantitative estimate of drug-likeness (QED) is 0.366. The van der Waals surface area contributed by atoms with E-state index in [-0.39, 0.29) is 5.91 Å². The predicted molar refractivity (Wildman–Crippen MR) is 127 cm³/mol. The van der Waals surface area contributed by atoms with Gasteiger partial charge in [0.05, 0.1) is 19.2 Å². The third-order valence-corrected chi connectivity index (χ3v) is 5.52. The lowest BCUT2D eigenvalue weighted by atomic mass is 10.2. The van der Waals surface area contributed by atoms with Crippen molar-refractivity contribution in [2.75, 3.05) is 20.3 Å². The van der Waals surface area contributed by atoms with Crippen LogP contribution in [-0.4, -0.2) is 50.5 Å².